The number of alkyl halides is 4. The lowest BCUT2D eigenvalue weighted by Gasteiger charge is -2.23. The molecule has 1 aliphatic carbocycles. The lowest BCUT2D eigenvalue weighted by molar-refractivity contribution is -0.139. The fourth-order valence-corrected chi connectivity index (χ4v) is 3.03. The van der Waals surface area contributed by atoms with Gasteiger partial charge >= 0.3 is 13.2 Å². The number of benzene rings is 1. The highest BCUT2D eigenvalue weighted by molar-refractivity contribution is 5.77. The lowest BCUT2D eigenvalue weighted by atomic mass is 9.93. The van der Waals surface area contributed by atoms with Crippen LogP contribution < -0.4 is 10.1 Å². The highest BCUT2D eigenvalue weighted by atomic mass is 19.3. The van der Waals surface area contributed by atoms with Crippen LogP contribution in [-0.2, 0) is 9.53 Å². The number of hydrogen-bond donors (Lipinski definition) is 2. The van der Waals surface area contributed by atoms with E-state index in [4.69, 9.17) is 0 Å². The Kier molecular flexibility index (Phi) is 7.43. The van der Waals surface area contributed by atoms with Crippen LogP contribution in [0.3, 0.4) is 0 Å². The van der Waals surface area contributed by atoms with Crippen LogP contribution in [0.15, 0.2) is 24.3 Å². The van der Waals surface area contributed by atoms with Crippen LogP contribution in [-0.4, -0.2) is 36.9 Å². The molecule has 1 aliphatic rings. The van der Waals surface area contributed by atoms with Crippen molar-refractivity contribution < 1.29 is 36.9 Å². The van der Waals surface area contributed by atoms with Gasteiger partial charge in [0.15, 0.2) is 0 Å². The Bertz CT molecular complexity index is 625. The van der Waals surface area contributed by atoms with Crippen LogP contribution in [0.4, 0.5) is 17.6 Å². The average Bonchev–Trinajstić information content (AvgIpc) is 3.39. The highest BCUT2D eigenvalue weighted by Crippen LogP contribution is 2.52. The summed E-state index contributed by atoms with van der Waals surface area (Å²) in [5, 5.41) is 12.8. The standard InChI is InChI=1S/C18H23F4NO4/c1-2-18(6-7-18)14(24)9-15(25)23-13(10-26-16(19)20)11-4-3-5-12(8-11)27-17(21)22/h3-5,8,13-14,16-17,24H,2,6-7,9-10H2,1H3,(H,23,25)/t13-,14-/m0/s1. The van der Waals surface area contributed by atoms with Crippen molar-refractivity contribution in [3.05, 3.63) is 29.8 Å². The molecule has 2 N–H and O–H groups in total. The van der Waals surface area contributed by atoms with Gasteiger partial charge in [-0.1, -0.05) is 19.1 Å². The van der Waals surface area contributed by atoms with Crippen molar-refractivity contribution in [1.29, 1.82) is 0 Å². The van der Waals surface area contributed by atoms with Gasteiger partial charge in [0.2, 0.25) is 5.91 Å². The first kappa shape index (κ1) is 21.4. The van der Waals surface area contributed by atoms with Gasteiger partial charge in [0.05, 0.1) is 25.2 Å². The van der Waals surface area contributed by atoms with Crippen LogP contribution in [0.1, 0.15) is 44.2 Å². The van der Waals surface area contributed by atoms with E-state index in [1.165, 1.54) is 24.3 Å². The first-order valence-electron chi connectivity index (χ1n) is 8.67. The Balaban J connectivity index is 2.06. The van der Waals surface area contributed by atoms with Gasteiger partial charge in [-0.3, -0.25) is 4.79 Å². The summed E-state index contributed by atoms with van der Waals surface area (Å²) in [6.07, 6.45) is 1.41. The van der Waals surface area contributed by atoms with E-state index in [0.717, 1.165) is 19.3 Å². The van der Waals surface area contributed by atoms with E-state index in [1.807, 2.05) is 6.92 Å². The number of hydrogen-bond acceptors (Lipinski definition) is 4. The molecule has 0 bridgehead atoms. The average molecular weight is 393 g/mol. The van der Waals surface area contributed by atoms with Gasteiger partial charge in [-0.25, -0.2) is 0 Å². The molecule has 9 heteroatoms. The normalized spacial score (nSPS) is 17.6. The molecule has 5 nitrogen and oxygen atoms in total. The van der Waals surface area contributed by atoms with Gasteiger partial charge in [-0.05, 0) is 42.4 Å². The number of aliphatic hydroxyl groups excluding tert-OH is 1. The van der Waals surface area contributed by atoms with Crippen LogP contribution in [0.2, 0.25) is 0 Å². The number of amides is 1. The minimum absolute atomic E-state index is 0.165. The minimum atomic E-state index is -3.05. The fraction of sp³-hybridized carbons (Fsp3) is 0.611. The number of carbonyl (C=O) groups excluding carboxylic acids is 1. The molecule has 1 aromatic rings. The van der Waals surface area contributed by atoms with Crippen molar-refractivity contribution in [3.8, 4) is 5.75 Å². The predicted octanol–water partition coefficient (Wildman–Crippen LogP) is 3.63. The Morgan fingerprint density at radius 3 is 2.52 bits per heavy atom. The van der Waals surface area contributed by atoms with Gasteiger partial charge < -0.3 is 19.9 Å². The third-order valence-corrected chi connectivity index (χ3v) is 4.89. The second-order valence-corrected chi connectivity index (χ2v) is 6.60. The molecule has 2 rings (SSSR count). The Labute approximate surface area is 154 Å². The van der Waals surface area contributed by atoms with Crippen molar-refractivity contribution in [2.45, 2.75) is 58.0 Å². The zero-order chi connectivity index (χ0) is 20.0. The Morgan fingerprint density at radius 1 is 1.26 bits per heavy atom. The summed E-state index contributed by atoms with van der Waals surface area (Å²) in [5.41, 5.74) is 0.0189. The highest BCUT2D eigenvalue weighted by Gasteiger charge is 2.47. The number of aliphatic hydroxyl groups is 1. The molecule has 0 spiro atoms. The first-order chi connectivity index (χ1) is 12.8. The number of ether oxygens (including phenoxy) is 2. The third kappa shape index (κ3) is 6.35. The third-order valence-electron chi connectivity index (χ3n) is 4.89. The molecule has 0 heterocycles. The second-order valence-electron chi connectivity index (χ2n) is 6.60. The number of carbonyl (C=O) groups is 1. The molecule has 27 heavy (non-hydrogen) atoms. The minimum Gasteiger partial charge on any atom is -0.435 e. The molecule has 1 aromatic carbocycles. The predicted molar refractivity (Wildman–Crippen MR) is 88.5 cm³/mol. The maximum atomic E-state index is 12.4. The van der Waals surface area contributed by atoms with Gasteiger partial charge in [0.25, 0.3) is 0 Å². The molecule has 0 saturated heterocycles. The van der Waals surface area contributed by atoms with E-state index < -0.39 is 37.9 Å². The van der Waals surface area contributed by atoms with E-state index in [-0.39, 0.29) is 23.1 Å². The number of nitrogens with one attached hydrogen (secondary N) is 1. The van der Waals surface area contributed by atoms with E-state index in [9.17, 15) is 27.5 Å². The van der Waals surface area contributed by atoms with Crippen LogP contribution in [0.5, 0.6) is 5.75 Å². The molecule has 0 unspecified atom stereocenters. The molecule has 2 atom stereocenters. The molecule has 1 fully saturated rings. The number of halogens is 4. The summed E-state index contributed by atoms with van der Waals surface area (Å²) in [7, 11) is 0. The van der Waals surface area contributed by atoms with Gasteiger partial charge in [0, 0.05) is 0 Å². The largest absolute Gasteiger partial charge is 0.435 e. The van der Waals surface area contributed by atoms with Crippen molar-refractivity contribution in [2.75, 3.05) is 6.61 Å². The van der Waals surface area contributed by atoms with Crippen molar-refractivity contribution in [1.82, 2.24) is 5.32 Å². The molecule has 152 valence electrons. The molecule has 0 aromatic heterocycles. The van der Waals surface area contributed by atoms with Crippen LogP contribution >= 0.6 is 0 Å². The zero-order valence-corrected chi connectivity index (χ0v) is 14.8. The van der Waals surface area contributed by atoms with Gasteiger partial charge in [0.1, 0.15) is 5.75 Å². The fourth-order valence-electron chi connectivity index (χ4n) is 3.03. The van der Waals surface area contributed by atoms with Crippen molar-refractivity contribution in [3.63, 3.8) is 0 Å². The van der Waals surface area contributed by atoms with E-state index >= 15 is 0 Å². The van der Waals surface area contributed by atoms with Crippen molar-refractivity contribution >= 4 is 5.91 Å². The molecular weight excluding hydrogens is 370 g/mol. The van der Waals surface area contributed by atoms with Crippen LogP contribution in [0.25, 0.3) is 0 Å². The summed E-state index contributed by atoms with van der Waals surface area (Å²) in [6, 6.07) is 4.38. The topological polar surface area (TPSA) is 67.8 Å². The monoisotopic (exact) mass is 393 g/mol. The van der Waals surface area contributed by atoms with Crippen molar-refractivity contribution in [2.24, 2.45) is 5.41 Å². The molecule has 1 amide bonds. The summed E-state index contributed by atoms with van der Waals surface area (Å²) in [6.45, 7) is -4.71. The Hall–Kier alpha value is -1.87. The van der Waals surface area contributed by atoms with E-state index in [2.05, 4.69) is 14.8 Å². The number of rotatable bonds is 11. The molecule has 1 saturated carbocycles. The van der Waals surface area contributed by atoms with Gasteiger partial charge in [-0.2, -0.15) is 17.6 Å². The smallest absolute Gasteiger partial charge is 0.387 e. The quantitative estimate of drug-likeness (QED) is 0.564. The summed E-state index contributed by atoms with van der Waals surface area (Å²) in [4.78, 5) is 12.3. The molecule has 0 radical (unpaired) electrons. The van der Waals surface area contributed by atoms with Gasteiger partial charge in [-0.15, -0.1) is 0 Å². The maximum Gasteiger partial charge on any atom is 0.387 e. The molecular formula is C18H23F4NO4. The summed E-state index contributed by atoms with van der Waals surface area (Å²) >= 11 is 0. The van der Waals surface area contributed by atoms with E-state index in [0.29, 0.717) is 0 Å². The second kappa shape index (κ2) is 9.36. The summed E-state index contributed by atoms with van der Waals surface area (Å²) in [5.74, 6) is -0.702. The molecule has 0 aliphatic heterocycles. The first-order valence-corrected chi connectivity index (χ1v) is 8.67. The lowest BCUT2D eigenvalue weighted by Crippen LogP contribution is -2.36. The Morgan fingerprint density at radius 2 is 1.96 bits per heavy atom. The van der Waals surface area contributed by atoms with Crippen LogP contribution in [0, 0.1) is 5.41 Å². The zero-order valence-electron chi connectivity index (χ0n) is 14.8. The SMILES string of the molecule is CCC1([C@@H](O)CC(=O)N[C@@H](COC(F)F)c2cccc(OC(F)F)c2)CC1. The summed E-state index contributed by atoms with van der Waals surface area (Å²) < 4.78 is 58.2. The maximum absolute atomic E-state index is 12.4. The van der Waals surface area contributed by atoms with E-state index in [1.54, 1.807) is 0 Å².